The number of aliphatic hydroxyl groups excluding tert-OH is 1. The molecule has 386 valence electrons. The highest BCUT2D eigenvalue weighted by Gasteiger charge is 2.31. The number of fused-ring (bicyclic) bond motifs is 3. The van der Waals surface area contributed by atoms with E-state index in [1.807, 2.05) is 52.1 Å². The van der Waals surface area contributed by atoms with Crippen molar-refractivity contribution in [3.05, 3.63) is 71.8 Å². The van der Waals surface area contributed by atoms with E-state index in [2.05, 4.69) is 52.8 Å². The van der Waals surface area contributed by atoms with Crippen LogP contribution < -0.4 is 16.8 Å². The Morgan fingerprint density at radius 3 is 1.47 bits per heavy atom. The topological polar surface area (TPSA) is 275 Å². The van der Waals surface area contributed by atoms with Crippen molar-refractivity contribution < 1.29 is 62.9 Å². The van der Waals surface area contributed by atoms with Crippen molar-refractivity contribution in [2.45, 2.75) is 106 Å². The van der Waals surface area contributed by atoms with E-state index >= 15 is 0 Å². The fraction of sp³-hybridized carbons (Fsp3) is 0.551. The van der Waals surface area contributed by atoms with Crippen LogP contribution in [-0.4, -0.2) is 134 Å². The number of thiol groups is 1. The van der Waals surface area contributed by atoms with Crippen LogP contribution in [0.2, 0.25) is 0 Å². The maximum Gasteiger partial charge on any atom is 0.303 e. The van der Waals surface area contributed by atoms with Gasteiger partial charge in [-0.05, 0) is 102 Å². The molecule has 1 saturated heterocycles. The summed E-state index contributed by atoms with van der Waals surface area (Å²) in [6, 6.07) is 16.6. The highest BCUT2D eigenvalue weighted by Crippen LogP contribution is 2.44. The first-order valence-electron chi connectivity index (χ1n) is 21.6. The van der Waals surface area contributed by atoms with Crippen molar-refractivity contribution in [3.8, 4) is 11.1 Å². The summed E-state index contributed by atoms with van der Waals surface area (Å²) in [6.07, 6.45) is 8.56. The lowest BCUT2D eigenvalue weighted by molar-refractivity contribution is -0.179. The predicted molar refractivity (Wildman–Crippen MR) is 268 cm³/mol. The highest BCUT2D eigenvalue weighted by atomic mass is 32.1. The number of nitrogens with one attached hydrogen (secondary N) is 1. The Morgan fingerprint density at radius 2 is 1.19 bits per heavy atom. The van der Waals surface area contributed by atoms with Gasteiger partial charge in [0, 0.05) is 84.3 Å². The summed E-state index contributed by atoms with van der Waals surface area (Å²) in [4.78, 5) is 91.2. The lowest BCUT2D eigenvalue weighted by Crippen LogP contribution is -2.36. The van der Waals surface area contributed by atoms with Crippen molar-refractivity contribution in [2.24, 2.45) is 23.3 Å². The monoisotopic (exact) mass is 980 g/mol. The van der Waals surface area contributed by atoms with E-state index in [0.717, 1.165) is 57.9 Å². The standard InChI is InChI=1S/C16H14O2.C13H17NO3.C6H12O2.C5H7NO3.C3H10N2.C2H4O2.CH5N.CH4O.CH4S.CH4/c1-11(17)18-10-16-14-8-4-2-6-12(14)13-7-3-5-9-15(13)16;1-9(15)11-4-2-10(3-5-11)8-14-12(16)6-7-13(14)17;1-5(7)8-6(2,3)4;1-9-6-4(7)2-3-5(6)8;1-5-3-2-4;1-2(3)4;3*1-2;/h2-9,16H,10H2,1H3;6-7,10-11H,2-5,8H2,1H3;1-4H3;2-3H2,1H3;5H,2-4H2,1H3;1H3,(H,3,4);2H2,1H3;2*2H,1H3;1H4. The zero-order valence-corrected chi connectivity index (χ0v) is 42.4. The highest BCUT2D eigenvalue weighted by molar-refractivity contribution is 7.79. The number of imide groups is 2. The van der Waals surface area contributed by atoms with E-state index in [9.17, 15) is 33.6 Å². The summed E-state index contributed by atoms with van der Waals surface area (Å²) in [5.74, 6) is -1.21. The number of likely N-dealkylation sites (N-methyl/N-ethyl adjacent to an activating group) is 1. The zero-order valence-electron chi connectivity index (χ0n) is 41.5. The number of hydroxylamine groups is 2. The van der Waals surface area contributed by atoms with E-state index in [4.69, 9.17) is 30.2 Å². The van der Waals surface area contributed by atoms with Crippen LogP contribution in [-0.2, 0) is 52.7 Å². The Labute approximate surface area is 409 Å². The van der Waals surface area contributed by atoms with Crippen molar-refractivity contribution in [3.63, 3.8) is 0 Å². The van der Waals surface area contributed by atoms with Gasteiger partial charge in [0.05, 0.1) is 7.11 Å². The number of ketones is 1. The van der Waals surface area contributed by atoms with Crippen LogP contribution in [0.3, 0.4) is 0 Å². The van der Waals surface area contributed by atoms with Crippen LogP contribution in [0.15, 0.2) is 60.7 Å². The number of nitrogens with zero attached hydrogens (tertiary/aromatic N) is 2. The second kappa shape index (κ2) is 39.7. The SMILES string of the molecule is C.CC(=O)C1CCC(CN2C(=O)C=CC2=O)CC1.CC(=O)O.CC(=O)OC(C)(C)C.CC(=O)OCC1c2ccccc2-c2ccccc21.CN.CNCCN.CO.CON1C(=O)CCC1=O.CS. The number of carbonyl (C=O) groups excluding carboxylic acids is 7. The molecule has 2 heterocycles. The Morgan fingerprint density at radius 1 is 0.779 bits per heavy atom. The minimum atomic E-state index is -0.833. The van der Waals surface area contributed by atoms with Crippen LogP contribution in [0.4, 0.5) is 0 Å². The molecule has 6 rings (SSSR count). The molecular weight excluding hydrogens is 899 g/mol. The number of carboxylic acids is 1. The number of benzene rings is 2. The summed E-state index contributed by atoms with van der Waals surface area (Å²) in [5, 5.41) is 18.1. The van der Waals surface area contributed by atoms with E-state index in [-0.39, 0.29) is 79.1 Å². The van der Waals surface area contributed by atoms with E-state index in [1.165, 1.54) is 67.3 Å². The predicted octanol–water partition coefficient (Wildman–Crippen LogP) is 5.33. The number of aliphatic hydroxyl groups is 1. The molecule has 68 heavy (non-hydrogen) atoms. The summed E-state index contributed by atoms with van der Waals surface area (Å²) in [6.45, 7) is 13.7. The average Bonchev–Trinajstić information content (AvgIpc) is 3.92. The Bertz CT molecular complexity index is 1760. The van der Waals surface area contributed by atoms with Gasteiger partial charge in [-0.25, -0.2) is 0 Å². The maximum absolute atomic E-state index is 11.4. The van der Waals surface area contributed by atoms with Gasteiger partial charge < -0.3 is 36.5 Å². The van der Waals surface area contributed by atoms with Gasteiger partial charge in [-0.1, -0.05) is 56.0 Å². The first-order valence-corrected chi connectivity index (χ1v) is 22.5. The zero-order chi connectivity index (χ0) is 52.3. The Kier molecular flexibility index (Phi) is 40.4. The molecule has 4 aliphatic rings. The second-order valence-corrected chi connectivity index (χ2v) is 15.4. The lowest BCUT2D eigenvalue weighted by Gasteiger charge is -2.29. The van der Waals surface area contributed by atoms with E-state index in [1.54, 1.807) is 13.2 Å². The fourth-order valence-electron chi connectivity index (χ4n) is 6.60. The van der Waals surface area contributed by atoms with E-state index in [0.29, 0.717) is 19.1 Å². The smallest absolute Gasteiger partial charge is 0.303 e. The molecule has 1 saturated carbocycles. The second-order valence-electron chi connectivity index (χ2n) is 15.4. The fourth-order valence-corrected chi connectivity index (χ4v) is 6.60. The molecule has 2 aliphatic heterocycles. The number of rotatable bonds is 8. The summed E-state index contributed by atoms with van der Waals surface area (Å²) < 4.78 is 10.00. The van der Waals surface area contributed by atoms with Gasteiger partial charge in [-0.15, -0.1) is 0 Å². The molecule has 0 unspecified atom stereocenters. The minimum Gasteiger partial charge on any atom is -0.481 e. The quantitative estimate of drug-likeness (QED) is 0.111. The molecule has 2 fully saturated rings. The normalized spacial score (nSPS) is 15.8. The lowest BCUT2D eigenvalue weighted by atomic mass is 9.80. The van der Waals surface area contributed by atoms with Crippen LogP contribution in [0.1, 0.15) is 111 Å². The number of carboxylic acid groups (broad SMARTS) is 1. The third-order valence-electron chi connectivity index (χ3n) is 9.21. The first kappa shape index (κ1) is 69.3. The number of hydrogen-bond acceptors (Lipinski definition) is 16. The number of nitrogens with two attached hydrogens (primary N) is 2. The largest absolute Gasteiger partial charge is 0.481 e. The molecule has 0 atom stereocenters. The molecule has 0 spiro atoms. The molecule has 2 aromatic carbocycles. The van der Waals surface area contributed by atoms with Crippen molar-refractivity contribution >= 4 is 59.9 Å². The van der Waals surface area contributed by atoms with Gasteiger partial charge >= 0.3 is 11.9 Å². The summed E-state index contributed by atoms with van der Waals surface area (Å²) >= 11 is 3.53. The molecule has 0 radical (unpaired) electrons. The van der Waals surface area contributed by atoms with Gasteiger partial charge in [0.1, 0.15) is 18.0 Å². The van der Waals surface area contributed by atoms with Gasteiger partial charge in [-0.3, -0.25) is 48.1 Å². The molecular formula is C49H81N5O13S. The number of esters is 2. The molecule has 0 bridgehead atoms. The van der Waals surface area contributed by atoms with Crippen molar-refractivity contribution in [2.75, 3.05) is 60.8 Å². The number of amides is 4. The number of carbonyl (C=O) groups is 8. The van der Waals surface area contributed by atoms with Crippen molar-refractivity contribution in [1.29, 1.82) is 0 Å². The third-order valence-corrected chi connectivity index (χ3v) is 9.21. The van der Waals surface area contributed by atoms with E-state index < -0.39 is 5.97 Å². The molecule has 4 amide bonds. The number of ether oxygens (including phenoxy) is 2. The van der Waals surface area contributed by atoms with Gasteiger partial charge in [0.15, 0.2) is 0 Å². The number of hydrogen-bond donors (Lipinski definition) is 6. The van der Waals surface area contributed by atoms with Gasteiger partial charge in [0.2, 0.25) is 0 Å². The molecule has 7 N–H and O–H groups in total. The van der Waals surface area contributed by atoms with Crippen LogP contribution in [0.5, 0.6) is 0 Å². The summed E-state index contributed by atoms with van der Waals surface area (Å²) in [7, 11) is 5.69. The molecule has 19 heteroatoms. The molecule has 18 nitrogen and oxygen atoms in total. The maximum atomic E-state index is 11.4. The average molecular weight is 980 g/mol. The van der Waals surface area contributed by atoms with Gasteiger partial charge in [0.25, 0.3) is 29.6 Å². The van der Waals surface area contributed by atoms with Crippen LogP contribution in [0, 0.1) is 11.8 Å². The Balaban J connectivity index is -0.000000377. The van der Waals surface area contributed by atoms with Crippen LogP contribution in [0.25, 0.3) is 11.1 Å². The Hall–Kier alpha value is -5.31. The van der Waals surface area contributed by atoms with Crippen LogP contribution >= 0.6 is 12.6 Å². The molecule has 0 aromatic heterocycles. The minimum absolute atomic E-state index is 0. The number of Topliss-reactive ketones (excluding diaryl/α,β-unsaturated/α-hetero) is 1. The van der Waals surface area contributed by atoms with Gasteiger partial charge in [-0.2, -0.15) is 17.7 Å². The van der Waals surface area contributed by atoms with Crippen molar-refractivity contribution in [1.82, 2.24) is 15.3 Å². The molecule has 2 aromatic rings. The third kappa shape index (κ3) is 28.8. The molecule has 2 aliphatic carbocycles. The number of aliphatic carboxylic acids is 1. The summed E-state index contributed by atoms with van der Waals surface area (Å²) in [5.41, 5.74) is 14.3. The first-order chi connectivity index (χ1) is 31.7.